The summed E-state index contributed by atoms with van der Waals surface area (Å²) in [4.78, 5) is 0. The molecule has 1 aromatic carbocycles. The van der Waals surface area contributed by atoms with Gasteiger partial charge in [0.1, 0.15) is 5.92 Å². The number of hydrogen-bond acceptors (Lipinski definition) is 6. The Kier molecular flexibility index (Phi) is 5.87. The predicted molar refractivity (Wildman–Crippen MR) is 105 cm³/mol. The predicted octanol–water partition coefficient (Wildman–Crippen LogP) is 1.89. The molecule has 1 fully saturated rings. The van der Waals surface area contributed by atoms with E-state index in [0.29, 0.717) is 31.3 Å². The smallest absolute Gasteiger partial charge is 0.189 e. The lowest BCUT2D eigenvalue weighted by Gasteiger charge is -2.44. The van der Waals surface area contributed by atoms with Gasteiger partial charge >= 0.3 is 0 Å². The van der Waals surface area contributed by atoms with E-state index in [9.17, 15) is 15.8 Å². The molecule has 3 atom stereocenters. The summed E-state index contributed by atoms with van der Waals surface area (Å²) in [5, 5.41) is 40.5. The first kappa shape index (κ1) is 20.4. The Balaban J connectivity index is 2.21. The quantitative estimate of drug-likeness (QED) is 0.742. The second-order valence-corrected chi connectivity index (χ2v) is 7.13. The molecule has 3 rings (SSSR count). The summed E-state index contributed by atoms with van der Waals surface area (Å²) < 4.78 is 11.4. The van der Waals surface area contributed by atoms with Crippen LogP contribution >= 0.6 is 0 Å². The molecule has 29 heavy (non-hydrogen) atoms. The fourth-order valence-electron chi connectivity index (χ4n) is 4.47. The molecule has 1 heterocycles. The van der Waals surface area contributed by atoms with Crippen molar-refractivity contribution in [1.82, 2.24) is 0 Å². The van der Waals surface area contributed by atoms with Crippen LogP contribution in [0.1, 0.15) is 25.3 Å². The van der Waals surface area contributed by atoms with Gasteiger partial charge in [-0.25, -0.2) is 0 Å². The van der Waals surface area contributed by atoms with Crippen molar-refractivity contribution in [2.45, 2.75) is 19.8 Å². The maximum Gasteiger partial charge on any atom is 0.189 e. The molecule has 0 saturated heterocycles. The third kappa shape index (κ3) is 3.23. The Labute approximate surface area is 170 Å². The van der Waals surface area contributed by atoms with Gasteiger partial charge in [0.25, 0.3) is 0 Å². The SMILES string of the molecule is CCOc1ccc([C@H]2[C@@H]3C[NH2+]CC=C3[C@H](C#N)C(=N)C2(C#N)C#N)cc1OCC. The van der Waals surface area contributed by atoms with Crippen LogP contribution in [0.3, 0.4) is 0 Å². The van der Waals surface area contributed by atoms with E-state index < -0.39 is 17.3 Å². The van der Waals surface area contributed by atoms with Crippen molar-refractivity contribution in [3.63, 3.8) is 0 Å². The molecule has 1 aromatic rings. The first-order valence-electron chi connectivity index (χ1n) is 9.80. The second kappa shape index (κ2) is 8.35. The molecule has 1 saturated carbocycles. The largest absolute Gasteiger partial charge is 0.490 e. The molecular formula is C22H24N5O2+. The summed E-state index contributed by atoms with van der Waals surface area (Å²) >= 11 is 0. The Morgan fingerprint density at radius 3 is 2.45 bits per heavy atom. The molecule has 3 N–H and O–H groups in total. The van der Waals surface area contributed by atoms with Crippen LogP contribution in [0.4, 0.5) is 0 Å². The van der Waals surface area contributed by atoms with E-state index in [1.54, 1.807) is 6.07 Å². The van der Waals surface area contributed by atoms with Gasteiger partial charge in [-0.1, -0.05) is 6.07 Å². The topological polar surface area (TPSA) is 130 Å². The minimum absolute atomic E-state index is 0.133. The van der Waals surface area contributed by atoms with Gasteiger partial charge in [0.15, 0.2) is 16.9 Å². The normalized spacial score (nSPS) is 24.9. The zero-order valence-electron chi connectivity index (χ0n) is 16.6. The first-order valence-corrected chi connectivity index (χ1v) is 9.80. The zero-order chi connectivity index (χ0) is 21.0. The van der Waals surface area contributed by atoms with Crippen molar-refractivity contribution in [2.24, 2.45) is 17.3 Å². The maximum absolute atomic E-state index is 10.1. The summed E-state index contributed by atoms with van der Waals surface area (Å²) in [5.41, 5.74) is -0.249. The maximum atomic E-state index is 10.1. The molecular weight excluding hydrogens is 366 g/mol. The number of nitrogens with two attached hydrogens (primary N) is 1. The highest BCUT2D eigenvalue weighted by atomic mass is 16.5. The van der Waals surface area contributed by atoms with Gasteiger partial charge in [0.05, 0.1) is 50.2 Å². The zero-order valence-corrected chi connectivity index (χ0v) is 16.6. The lowest BCUT2D eigenvalue weighted by Crippen LogP contribution is -2.87. The third-order valence-corrected chi connectivity index (χ3v) is 5.69. The Hall–Kier alpha value is -3.34. The summed E-state index contributed by atoms with van der Waals surface area (Å²) in [6.07, 6.45) is 1.97. The monoisotopic (exact) mass is 390 g/mol. The number of hydrogen-bond donors (Lipinski definition) is 2. The number of nitriles is 3. The third-order valence-electron chi connectivity index (χ3n) is 5.69. The molecule has 0 spiro atoms. The van der Waals surface area contributed by atoms with Crippen LogP contribution in [0.15, 0.2) is 29.8 Å². The average molecular weight is 390 g/mol. The van der Waals surface area contributed by atoms with Crippen molar-refractivity contribution < 1.29 is 14.8 Å². The standard InChI is InChI=1S/C22H23N5O2/c1-3-28-18-6-5-14(9-19(18)29-4-2)20-17-11-27-8-7-15(17)16(10-23)21(26)22(20,12-24)13-25/h5-7,9,16-17,20,26-27H,3-4,8,11H2,1-2H3/p+1/t16-,17+,20-/m0/s1. The number of quaternary nitrogens is 1. The molecule has 7 nitrogen and oxygen atoms in total. The van der Waals surface area contributed by atoms with E-state index in [1.807, 2.05) is 32.1 Å². The van der Waals surface area contributed by atoms with Crippen LogP contribution in [0.2, 0.25) is 0 Å². The highest BCUT2D eigenvalue weighted by Crippen LogP contribution is 2.53. The van der Waals surface area contributed by atoms with E-state index >= 15 is 0 Å². The number of rotatable bonds is 5. The van der Waals surface area contributed by atoms with E-state index in [1.165, 1.54) is 0 Å². The highest BCUT2D eigenvalue weighted by molar-refractivity contribution is 6.00. The van der Waals surface area contributed by atoms with Crippen molar-refractivity contribution >= 4 is 5.71 Å². The van der Waals surface area contributed by atoms with Crippen LogP contribution in [-0.4, -0.2) is 32.0 Å². The summed E-state index contributed by atoms with van der Waals surface area (Å²) in [6, 6.07) is 11.8. The molecule has 0 radical (unpaired) electrons. The molecule has 0 amide bonds. The van der Waals surface area contributed by atoms with Gasteiger partial charge in [-0.15, -0.1) is 0 Å². The summed E-state index contributed by atoms with van der Waals surface area (Å²) in [7, 11) is 0. The van der Waals surface area contributed by atoms with Gasteiger partial charge < -0.3 is 20.2 Å². The van der Waals surface area contributed by atoms with E-state index in [-0.39, 0.29) is 11.6 Å². The van der Waals surface area contributed by atoms with E-state index in [2.05, 4.69) is 23.5 Å². The van der Waals surface area contributed by atoms with Gasteiger partial charge in [-0.3, -0.25) is 0 Å². The molecule has 0 aromatic heterocycles. The fraction of sp³-hybridized carbons (Fsp3) is 0.455. The summed E-state index contributed by atoms with van der Waals surface area (Å²) in [6.45, 7) is 6.09. The second-order valence-electron chi connectivity index (χ2n) is 7.13. The van der Waals surface area contributed by atoms with Gasteiger partial charge in [0, 0.05) is 11.8 Å². The Bertz CT molecular complexity index is 949. The van der Waals surface area contributed by atoms with Crippen LogP contribution in [0.25, 0.3) is 0 Å². The van der Waals surface area contributed by atoms with Crippen LogP contribution in [0.5, 0.6) is 11.5 Å². The number of nitrogens with zero attached hydrogens (tertiary/aromatic N) is 3. The van der Waals surface area contributed by atoms with Crippen LogP contribution in [0, 0.1) is 56.7 Å². The molecule has 2 aliphatic rings. The first-order chi connectivity index (χ1) is 14.1. The van der Waals surface area contributed by atoms with Crippen LogP contribution in [-0.2, 0) is 0 Å². The van der Waals surface area contributed by atoms with Crippen molar-refractivity contribution in [3.8, 4) is 29.7 Å². The molecule has 0 unspecified atom stereocenters. The van der Waals surface area contributed by atoms with E-state index in [4.69, 9.17) is 14.9 Å². The number of benzene rings is 1. The van der Waals surface area contributed by atoms with Gasteiger partial charge in [-0.05, 0) is 43.2 Å². The minimum atomic E-state index is -1.70. The number of ether oxygens (including phenoxy) is 2. The fourth-order valence-corrected chi connectivity index (χ4v) is 4.47. The lowest BCUT2D eigenvalue weighted by atomic mass is 9.54. The number of fused-ring (bicyclic) bond motifs is 1. The molecule has 148 valence electrons. The van der Waals surface area contributed by atoms with Crippen molar-refractivity contribution in [2.75, 3.05) is 26.3 Å². The molecule has 1 aliphatic carbocycles. The van der Waals surface area contributed by atoms with Crippen LogP contribution < -0.4 is 14.8 Å². The van der Waals surface area contributed by atoms with Gasteiger partial charge in [0.2, 0.25) is 0 Å². The molecule has 1 aliphatic heterocycles. The van der Waals surface area contributed by atoms with Crippen molar-refractivity contribution in [1.29, 1.82) is 21.2 Å². The molecule has 0 bridgehead atoms. The highest BCUT2D eigenvalue weighted by Gasteiger charge is 2.58. The average Bonchev–Trinajstić information content (AvgIpc) is 2.75. The Morgan fingerprint density at radius 1 is 1.14 bits per heavy atom. The number of nitrogens with one attached hydrogen (secondary N) is 1. The lowest BCUT2D eigenvalue weighted by molar-refractivity contribution is -0.654. The molecule has 7 heteroatoms. The van der Waals surface area contributed by atoms with Gasteiger partial charge in [-0.2, -0.15) is 15.8 Å². The van der Waals surface area contributed by atoms with E-state index in [0.717, 1.165) is 17.7 Å². The van der Waals surface area contributed by atoms with Crippen molar-refractivity contribution in [3.05, 3.63) is 35.4 Å². The minimum Gasteiger partial charge on any atom is -0.490 e. The summed E-state index contributed by atoms with van der Waals surface area (Å²) in [5.74, 6) is -0.430. The Morgan fingerprint density at radius 2 is 1.83 bits per heavy atom.